The number of hydrogen-bond donors (Lipinski definition) is 2. The summed E-state index contributed by atoms with van der Waals surface area (Å²) in [7, 11) is -3.73. The van der Waals surface area contributed by atoms with Crippen molar-refractivity contribution < 1.29 is 17.6 Å². The van der Waals surface area contributed by atoms with E-state index in [4.69, 9.17) is 21.2 Å². The van der Waals surface area contributed by atoms with Crippen molar-refractivity contribution in [2.45, 2.75) is 11.4 Å². The second-order valence-electron chi connectivity index (χ2n) is 5.52. The van der Waals surface area contributed by atoms with Crippen molar-refractivity contribution in [2.24, 2.45) is 5.14 Å². The Labute approximate surface area is 155 Å². The van der Waals surface area contributed by atoms with Crippen LogP contribution in [0.15, 0.2) is 70.0 Å². The first kappa shape index (κ1) is 18.2. The number of primary sulfonamides is 1. The van der Waals surface area contributed by atoms with E-state index >= 15 is 0 Å². The van der Waals surface area contributed by atoms with E-state index in [1.165, 1.54) is 12.1 Å². The number of nitrogens with two attached hydrogens (primary N) is 1. The zero-order chi connectivity index (χ0) is 18.7. The lowest BCUT2D eigenvalue weighted by Gasteiger charge is -2.05. The Hall–Kier alpha value is -2.61. The van der Waals surface area contributed by atoms with Crippen molar-refractivity contribution >= 4 is 27.5 Å². The Morgan fingerprint density at radius 3 is 2.38 bits per heavy atom. The Bertz CT molecular complexity index is 1040. The third-order valence-electron chi connectivity index (χ3n) is 3.67. The fourth-order valence-electron chi connectivity index (χ4n) is 2.33. The molecule has 1 heterocycles. The van der Waals surface area contributed by atoms with Crippen LogP contribution in [0.5, 0.6) is 0 Å². The van der Waals surface area contributed by atoms with Crippen LogP contribution in [0.25, 0.3) is 11.3 Å². The van der Waals surface area contributed by atoms with Gasteiger partial charge >= 0.3 is 0 Å². The van der Waals surface area contributed by atoms with Crippen LogP contribution < -0.4 is 10.5 Å². The van der Waals surface area contributed by atoms with Gasteiger partial charge in [-0.3, -0.25) is 4.79 Å². The van der Waals surface area contributed by atoms with Crippen LogP contribution in [-0.4, -0.2) is 14.3 Å². The highest BCUT2D eigenvalue weighted by atomic mass is 35.5. The van der Waals surface area contributed by atoms with Crippen molar-refractivity contribution in [3.8, 4) is 11.3 Å². The first-order valence-corrected chi connectivity index (χ1v) is 9.52. The first-order chi connectivity index (χ1) is 12.3. The summed E-state index contributed by atoms with van der Waals surface area (Å²) in [5, 5.41) is 8.28. The summed E-state index contributed by atoms with van der Waals surface area (Å²) < 4.78 is 28.0. The maximum atomic E-state index is 12.2. The molecule has 3 aromatic rings. The van der Waals surface area contributed by atoms with Gasteiger partial charge in [0.25, 0.3) is 5.91 Å². The molecule has 2 aromatic carbocycles. The van der Waals surface area contributed by atoms with Gasteiger partial charge in [-0.05, 0) is 42.0 Å². The Morgan fingerprint density at radius 1 is 1.04 bits per heavy atom. The molecule has 3 N–H and O–H groups in total. The number of benzene rings is 2. The molecule has 0 atom stereocenters. The lowest BCUT2D eigenvalue weighted by atomic mass is 10.2. The molecule has 0 bridgehead atoms. The van der Waals surface area contributed by atoms with Crippen LogP contribution in [0.2, 0.25) is 5.02 Å². The van der Waals surface area contributed by atoms with E-state index in [9.17, 15) is 13.2 Å². The number of hydrogen-bond acceptors (Lipinski definition) is 4. The van der Waals surface area contributed by atoms with Gasteiger partial charge in [0.15, 0.2) is 5.76 Å². The summed E-state index contributed by atoms with van der Waals surface area (Å²) in [6.07, 6.45) is 0. The van der Waals surface area contributed by atoms with E-state index in [1.54, 1.807) is 36.4 Å². The molecule has 0 aliphatic carbocycles. The number of furan rings is 1. The van der Waals surface area contributed by atoms with Gasteiger partial charge in [-0.2, -0.15) is 0 Å². The maximum absolute atomic E-state index is 12.2. The van der Waals surface area contributed by atoms with Crippen molar-refractivity contribution in [3.63, 3.8) is 0 Å². The third kappa shape index (κ3) is 4.13. The highest BCUT2D eigenvalue weighted by Gasteiger charge is 2.14. The van der Waals surface area contributed by atoms with Gasteiger partial charge in [0.1, 0.15) is 5.76 Å². The molecule has 8 heteroatoms. The zero-order valence-electron chi connectivity index (χ0n) is 13.5. The molecule has 3 rings (SSSR count). The van der Waals surface area contributed by atoms with Crippen molar-refractivity contribution in [2.75, 3.05) is 0 Å². The number of rotatable bonds is 5. The normalized spacial score (nSPS) is 11.3. The molecule has 26 heavy (non-hydrogen) atoms. The van der Waals surface area contributed by atoms with Crippen molar-refractivity contribution in [3.05, 3.63) is 77.0 Å². The van der Waals surface area contributed by atoms with Crippen LogP contribution in [0.4, 0.5) is 0 Å². The van der Waals surface area contributed by atoms with Crippen LogP contribution in [0.3, 0.4) is 0 Å². The third-order valence-corrected chi connectivity index (χ3v) is 4.93. The minimum atomic E-state index is -3.73. The minimum absolute atomic E-state index is 0.0167. The number of carbonyl (C=O) groups excluding carboxylic acids is 1. The molecular formula is C18H15ClN2O4S. The topological polar surface area (TPSA) is 102 Å². The van der Waals surface area contributed by atoms with Gasteiger partial charge in [0.05, 0.1) is 9.92 Å². The van der Waals surface area contributed by atoms with Crippen LogP contribution in [-0.2, 0) is 16.6 Å². The fourth-order valence-corrected chi connectivity index (χ4v) is 3.08. The summed E-state index contributed by atoms with van der Waals surface area (Å²) >= 11 is 6.12. The van der Waals surface area contributed by atoms with Crippen molar-refractivity contribution in [1.29, 1.82) is 0 Å². The quantitative estimate of drug-likeness (QED) is 0.698. The van der Waals surface area contributed by atoms with Crippen LogP contribution in [0.1, 0.15) is 16.1 Å². The average molecular weight is 391 g/mol. The maximum Gasteiger partial charge on any atom is 0.287 e. The molecule has 0 unspecified atom stereocenters. The molecule has 0 saturated heterocycles. The lowest BCUT2D eigenvalue weighted by molar-refractivity contribution is 0.0924. The number of nitrogens with one attached hydrogen (secondary N) is 1. The van der Waals surface area contributed by atoms with Gasteiger partial charge in [-0.1, -0.05) is 35.9 Å². The summed E-state index contributed by atoms with van der Waals surface area (Å²) in [4.78, 5) is 12.2. The molecule has 1 amide bonds. The summed E-state index contributed by atoms with van der Waals surface area (Å²) in [6.45, 7) is 0.214. The number of amides is 1. The van der Waals surface area contributed by atoms with Gasteiger partial charge in [0, 0.05) is 12.1 Å². The molecule has 0 radical (unpaired) electrons. The van der Waals surface area contributed by atoms with E-state index < -0.39 is 10.0 Å². The number of carbonyl (C=O) groups is 1. The summed E-state index contributed by atoms with van der Waals surface area (Å²) in [6, 6.07) is 16.4. The molecule has 1 aromatic heterocycles. The first-order valence-electron chi connectivity index (χ1n) is 7.59. The Balaban J connectivity index is 1.67. The highest BCUT2D eigenvalue weighted by Crippen LogP contribution is 2.29. The lowest BCUT2D eigenvalue weighted by Crippen LogP contribution is -2.22. The molecule has 0 fully saturated rings. The zero-order valence-corrected chi connectivity index (χ0v) is 15.0. The molecule has 0 saturated carbocycles. The second kappa shape index (κ2) is 7.33. The predicted molar refractivity (Wildman–Crippen MR) is 98.1 cm³/mol. The molecule has 0 aliphatic rings. The monoisotopic (exact) mass is 390 g/mol. The molecule has 6 nitrogen and oxygen atoms in total. The van der Waals surface area contributed by atoms with Gasteiger partial charge < -0.3 is 9.73 Å². The molecule has 0 spiro atoms. The number of halogens is 1. The van der Waals surface area contributed by atoms with Crippen molar-refractivity contribution in [1.82, 2.24) is 5.32 Å². The molecule has 134 valence electrons. The fraction of sp³-hybridized carbons (Fsp3) is 0.0556. The standard InChI is InChI=1S/C18H15ClN2O4S/c19-15-4-2-1-3-14(15)16-9-10-17(25-16)18(22)21-11-12-5-7-13(8-6-12)26(20,23)24/h1-10H,11H2,(H,21,22)(H2,20,23,24). The number of sulfonamides is 1. The second-order valence-corrected chi connectivity index (χ2v) is 7.48. The van der Waals surface area contributed by atoms with Gasteiger partial charge in [0.2, 0.25) is 10.0 Å². The average Bonchev–Trinajstić information content (AvgIpc) is 3.09. The summed E-state index contributed by atoms with van der Waals surface area (Å²) in [5.41, 5.74) is 1.43. The predicted octanol–water partition coefficient (Wildman–Crippen LogP) is 3.18. The molecular weight excluding hydrogens is 376 g/mol. The minimum Gasteiger partial charge on any atom is -0.451 e. The molecule has 0 aliphatic heterocycles. The summed E-state index contributed by atoms with van der Waals surface area (Å²) in [5.74, 6) is 0.262. The largest absolute Gasteiger partial charge is 0.451 e. The van der Waals surface area contributed by atoms with Gasteiger partial charge in [-0.15, -0.1) is 0 Å². The van der Waals surface area contributed by atoms with Crippen LogP contribution >= 0.6 is 11.6 Å². The Kier molecular flexibility index (Phi) is 5.13. The van der Waals surface area contributed by atoms with Crippen LogP contribution in [0, 0.1) is 0 Å². The smallest absolute Gasteiger partial charge is 0.287 e. The van der Waals surface area contributed by atoms with E-state index in [0.29, 0.717) is 16.3 Å². The van der Waals surface area contributed by atoms with E-state index in [2.05, 4.69) is 5.32 Å². The Morgan fingerprint density at radius 2 is 1.73 bits per heavy atom. The van der Waals surface area contributed by atoms with E-state index in [0.717, 1.165) is 5.56 Å². The highest BCUT2D eigenvalue weighted by molar-refractivity contribution is 7.89. The van der Waals surface area contributed by atoms with E-state index in [-0.39, 0.29) is 23.1 Å². The SMILES string of the molecule is NS(=O)(=O)c1ccc(CNC(=O)c2ccc(-c3ccccc3Cl)o2)cc1. The van der Waals surface area contributed by atoms with E-state index in [1.807, 2.05) is 12.1 Å². The van der Waals surface area contributed by atoms with Gasteiger partial charge in [-0.25, -0.2) is 13.6 Å².